The van der Waals surface area contributed by atoms with Crippen LogP contribution in [0.25, 0.3) is 0 Å². The van der Waals surface area contributed by atoms with Gasteiger partial charge in [-0.2, -0.15) is 0 Å². The van der Waals surface area contributed by atoms with E-state index >= 15 is 0 Å². The van der Waals surface area contributed by atoms with Gasteiger partial charge in [-0.1, -0.05) is 30.9 Å². The molecule has 0 saturated heterocycles. The van der Waals surface area contributed by atoms with Crippen LogP contribution in [0.5, 0.6) is 0 Å². The van der Waals surface area contributed by atoms with Gasteiger partial charge in [-0.15, -0.1) is 0 Å². The summed E-state index contributed by atoms with van der Waals surface area (Å²) in [6.07, 6.45) is 8.38. The summed E-state index contributed by atoms with van der Waals surface area (Å²) in [5.74, 6) is -0.203. The standard InChI is InChI=1S/C14H19ClN2O2/c15-12-8-16-7-4-11(12)13(19)17-9-14(10-18)5-2-1-3-6-14/h4,7-8,18H,1-3,5-6,9-10H2,(H,17,19). The van der Waals surface area contributed by atoms with Crippen molar-refractivity contribution in [1.82, 2.24) is 10.3 Å². The number of carbonyl (C=O) groups excluding carboxylic acids is 1. The van der Waals surface area contributed by atoms with Crippen LogP contribution in [0.3, 0.4) is 0 Å². The fourth-order valence-corrected chi connectivity index (χ4v) is 2.82. The van der Waals surface area contributed by atoms with Crippen molar-refractivity contribution in [1.29, 1.82) is 0 Å². The third-order valence-corrected chi connectivity index (χ3v) is 4.19. The maximum atomic E-state index is 12.1. The lowest BCUT2D eigenvalue weighted by Gasteiger charge is -2.35. The first-order valence-electron chi connectivity index (χ1n) is 6.65. The topological polar surface area (TPSA) is 62.2 Å². The van der Waals surface area contributed by atoms with Crippen LogP contribution in [0.2, 0.25) is 5.02 Å². The average Bonchev–Trinajstić information content (AvgIpc) is 2.46. The van der Waals surface area contributed by atoms with E-state index in [0.717, 1.165) is 25.7 Å². The van der Waals surface area contributed by atoms with Crippen molar-refractivity contribution in [3.8, 4) is 0 Å². The Hall–Kier alpha value is -1.13. The predicted molar refractivity (Wildman–Crippen MR) is 74.2 cm³/mol. The summed E-state index contributed by atoms with van der Waals surface area (Å²) in [5.41, 5.74) is 0.272. The van der Waals surface area contributed by atoms with E-state index in [0.29, 0.717) is 17.1 Å². The van der Waals surface area contributed by atoms with Crippen molar-refractivity contribution >= 4 is 17.5 Å². The summed E-state index contributed by atoms with van der Waals surface area (Å²) in [7, 11) is 0. The molecule has 1 aliphatic rings. The van der Waals surface area contributed by atoms with Crippen LogP contribution in [0, 0.1) is 5.41 Å². The molecule has 1 aliphatic carbocycles. The van der Waals surface area contributed by atoms with E-state index in [-0.39, 0.29) is 17.9 Å². The zero-order chi connectivity index (χ0) is 13.7. The van der Waals surface area contributed by atoms with Gasteiger partial charge in [0, 0.05) is 24.4 Å². The maximum Gasteiger partial charge on any atom is 0.252 e. The zero-order valence-corrected chi connectivity index (χ0v) is 11.6. The van der Waals surface area contributed by atoms with Gasteiger partial charge < -0.3 is 10.4 Å². The summed E-state index contributed by atoms with van der Waals surface area (Å²) >= 11 is 5.94. The molecule has 0 atom stereocenters. The van der Waals surface area contributed by atoms with E-state index in [1.807, 2.05) is 0 Å². The molecule has 1 saturated carbocycles. The van der Waals surface area contributed by atoms with Crippen LogP contribution in [0.4, 0.5) is 0 Å². The number of hydrogen-bond acceptors (Lipinski definition) is 3. The highest BCUT2D eigenvalue weighted by Crippen LogP contribution is 2.35. The molecule has 2 N–H and O–H groups in total. The summed E-state index contributed by atoms with van der Waals surface area (Å²) in [4.78, 5) is 15.9. The van der Waals surface area contributed by atoms with Crippen molar-refractivity contribution in [2.24, 2.45) is 5.41 Å². The quantitative estimate of drug-likeness (QED) is 0.891. The number of nitrogens with one attached hydrogen (secondary N) is 1. The Kier molecular flexibility index (Phi) is 4.77. The highest BCUT2D eigenvalue weighted by atomic mass is 35.5. The van der Waals surface area contributed by atoms with E-state index in [1.54, 1.807) is 12.3 Å². The highest BCUT2D eigenvalue weighted by molar-refractivity contribution is 6.33. The van der Waals surface area contributed by atoms with Crippen molar-refractivity contribution in [2.45, 2.75) is 32.1 Å². The van der Waals surface area contributed by atoms with Gasteiger partial charge in [0.2, 0.25) is 0 Å². The Balaban J connectivity index is 1.98. The third kappa shape index (κ3) is 3.45. The van der Waals surface area contributed by atoms with Gasteiger partial charge in [0.1, 0.15) is 0 Å². The van der Waals surface area contributed by atoms with E-state index in [9.17, 15) is 9.90 Å². The minimum Gasteiger partial charge on any atom is -0.396 e. The molecular weight excluding hydrogens is 264 g/mol. The molecule has 19 heavy (non-hydrogen) atoms. The van der Waals surface area contributed by atoms with E-state index in [4.69, 9.17) is 11.6 Å². The molecule has 1 aromatic rings. The lowest BCUT2D eigenvalue weighted by Crippen LogP contribution is -2.41. The minimum atomic E-state index is -0.203. The molecule has 1 heterocycles. The molecule has 104 valence electrons. The minimum absolute atomic E-state index is 0.122. The number of amides is 1. The number of halogens is 1. The first-order chi connectivity index (χ1) is 9.17. The van der Waals surface area contributed by atoms with Gasteiger partial charge >= 0.3 is 0 Å². The Morgan fingerprint density at radius 3 is 2.79 bits per heavy atom. The molecule has 1 aromatic heterocycles. The second-order valence-corrected chi connectivity index (χ2v) is 5.66. The number of hydrogen-bond donors (Lipinski definition) is 2. The van der Waals surface area contributed by atoms with E-state index in [2.05, 4.69) is 10.3 Å². The SMILES string of the molecule is O=C(NCC1(CO)CCCCC1)c1ccncc1Cl. The normalized spacial score (nSPS) is 18.0. The summed E-state index contributed by atoms with van der Waals surface area (Å²) in [5, 5.41) is 12.8. The number of pyridine rings is 1. The van der Waals surface area contributed by atoms with Crippen LogP contribution in [-0.2, 0) is 0 Å². The molecular formula is C14H19ClN2O2. The first kappa shape index (κ1) is 14.3. The molecule has 0 bridgehead atoms. The fourth-order valence-electron chi connectivity index (χ4n) is 2.61. The van der Waals surface area contributed by atoms with E-state index < -0.39 is 0 Å². The maximum absolute atomic E-state index is 12.1. The zero-order valence-electron chi connectivity index (χ0n) is 10.9. The second-order valence-electron chi connectivity index (χ2n) is 5.26. The van der Waals surface area contributed by atoms with Crippen molar-refractivity contribution < 1.29 is 9.90 Å². The number of aliphatic hydroxyl groups is 1. The van der Waals surface area contributed by atoms with Gasteiger partial charge in [-0.25, -0.2) is 0 Å². The Labute approximate surface area is 118 Å². The molecule has 2 rings (SSSR count). The van der Waals surface area contributed by atoms with E-state index in [1.165, 1.54) is 12.6 Å². The number of aromatic nitrogens is 1. The van der Waals surface area contributed by atoms with Crippen LogP contribution in [0.1, 0.15) is 42.5 Å². The molecule has 0 unspecified atom stereocenters. The monoisotopic (exact) mass is 282 g/mol. The number of nitrogens with zero attached hydrogens (tertiary/aromatic N) is 1. The summed E-state index contributed by atoms with van der Waals surface area (Å²) in [6.45, 7) is 0.623. The smallest absolute Gasteiger partial charge is 0.252 e. The number of aliphatic hydroxyl groups excluding tert-OH is 1. The lowest BCUT2D eigenvalue weighted by atomic mass is 9.74. The molecule has 0 radical (unpaired) electrons. The van der Waals surface area contributed by atoms with Gasteiger partial charge in [-0.05, 0) is 18.9 Å². The average molecular weight is 283 g/mol. The van der Waals surface area contributed by atoms with Crippen molar-refractivity contribution in [3.63, 3.8) is 0 Å². The van der Waals surface area contributed by atoms with Crippen LogP contribution in [0.15, 0.2) is 18.5 Å². The second kappa shape index (κ2) is 6.35. The fraction of sp³-hybridized carbons (Fsp3) is 0.571. The Bertz CT molecular complexity index is 445. The molecule has 1 amide bonds. The predicted octanol–water partition coefficient (Wildman–Crippen LogP) is 2.41. The van der Waals surface area contributed by atoms with Crippen LogP contribution < -0.4 is 5.32 Å². The van der Waals surface area contributed by atoms with Gasteiger partial charge in [0.15, 0.2) is 0 Å². The van der Waals surface area contributed by atoms with Gasteiger partial charge in [0.25, 0.3) is 5.91 Å². The molecule has 0 aliphatic heterocycles. The highest BCUT2D eigenvalue weighted by Gasteiger charge is 2.31. The van der Waals surface area contributed by atoms with Gasteiger partial charge in [-0.3, -0.25) is 9.78 Å². The van der Waals surface area contributed by atoms with Crippen LogP contribution in [-0.4, -0.2) is 29.1 Å². The Morgan fingerprint density at radius 1 is 1.42 bits per heavy atom. The first-order valence-corrected chi connectivity index (χ1v) is 7.03. The molecule has 0 aromatic carbocycles. The molecule has 5 heteroatoms. The molecule has 0 spiro atoms. The van der Waals surface area contributed by atoms with Crippen molar-refractivity contribution in [3.05, 3.63) is 29.0 Å². The Morgan fingerprint density at radius 2 is 2.16 bits per heavy atom. The molecule has 1 fully saturated rings. The lowest BCUT2D eigenvalue weighted by molar-refractivity contribution is 0.0718. The van der Waals surface area contributed by atoms with Crippen molar-refractivity contribution in [2.75, 3.05) is 13.2 Å². The summed E-state index contributed by atoms with van der Waals surface area (Å²) in [6, 6.07) is 1.60. The van der Waals surface area contributed by atoms with Crippen LogP contribution >= 0.6 is 11.6 Å². The number of rotatable bonds is 4. The largest absolute Gasteiger partial charge is 0.396 e. The third-order valence-electron chi connectivity index (χ3n) is 3.89. The number of carbonyl (C=O) groups is 1. The summed E-state index contributed by atoms with van der Waals surface area (Å²) < 4.78 is 0. The van der Waals surface area contributed by atoms with Gasteiger partial charge in [0.05, 0.1) is 17.2 Å². The molecule has 4 nitrogen and oxygen atoms in total.